The van der Waals surface area contributed by atoms with E-state index in [1.165, 1.54) is 5.56 Å². The van der Waals surface area contributed by atoms with Gasteiger partial charge in [0.15, 0.2) is 0 Å². The summed E-state index contributed by atoms with van der Waals surface area (Å²) in [5.74, 6) is 0. The summed E-state index contributed by atoms with van der Waals surface area (Å²) in [5.41, 5.74) is 1.30. The molecule has 0 spiro atoms. The van der Waals surface area contributed by atoms with Crippen LogP contribution in [0.5, 0.6) is 0 Å². The topological polar surface area (TPSA) is 37.8 Å². The van der Waals surface area contributed by atoms with Crippen molar-refractivity contribution in [2.75, 3.05) is 6.54 Å². The lowest BCUT2D eigenvalue weighted by Gasteiger charge is -2.05. The molecule has 0 atom stereocenters. The van der Waals surface area contributed by atoms with E-state index in [0.29, 0.717) is 6.04 Å². The van der Waals surface area contributed by atoms with E-state index < -0.39 is 0 Å². The summed E-state index contributed by atoms with van der Waals surface area (Å²) >= 11 is 1.74. The number of nitrogens with one attached hydrogen (secondary N) is 1. The van der Waals surface area contributed by atoms with Gasteiger partial charge in [-0.25, -0.2) is 0 Å². The monoisotopic (exact) mass is 275 g/mol. The molecule has 0 aliphatic rings. The fraction of sp³-hybridized carbons (Fsp3) is 0.467. The van der Waals surface area contributed by atoms with Gasteiger partial charge in [0.2, 0.25) is 0 Å². The average molecular weight is 275 g/mol. The number of rotatable bonds is 7. The standard InChI is InChI=1S/C15H21N3S/c1-12(2)16-10-6-9-14-17-18-15(19-14)11-13-7-4-3-5-8-13/h3-5,7-8,12,16H,6,9-11H2,1-2H3. The van der Waals surface area contributed by atoms with Crippen molar-refractivity contribution in [3.05, 3.63) is 45.9 Å². The predicted molar refractivity (Wildman–Crippen MR) is 80.6 cm³/mol. The minimum Gasteiger partial charge on any atom is -0.315 e. The Bertz CT molecular complexity index is 479. The van der Waals surface area contributed by atoms with E-state index in [4.69, 9.17) is 0 Å². The van der Waals surface area contributed by atoms with Crippen molar-refractivity contribution < 1.29 is 0 Å². The molecule has 1 heterocycles. The molecule has 4 heteroatoms. The maximum Gasteiger partial charge on any atom is 0.121 e. The van der Waals surface area contributed by atoms with Crippen LogP contribution in [0.3, 0.4) is 0 Å². The number of aromatic nitrogens is 2. The highest BCUT2D eigenvalue weighted by Crippen LogP contribution is 2.15. The quantitative estimate of drug-likeness (QED) is 0.789. The highest BCUT2D eigenvalue weighted by molar-refractivity contribution is 7.11. The van der Waals surface area contributed by atoms with Crippen molar-refractivity contribution in [2.24, 2.45) is 0 Å². The van der Waals surface area contributed by atoms with E-state index in [1.807, 2.05) is 6.07 Å². The summed E-state index contributed by atoms with van der Waals surface area (Å²) in [4.78, 5) is 0. The smallest absolute Gasteiger partial charge is 0.121 e. The van der Waals surface area contributed by atoms with Crippen LogP contribution in [0, 0.1) is 0 Å². The highest BCUT2D eigenvalue weighted by atomic mass is 32.1. The van der Waals surface area contributed by atoms with E-state index in [2.05, 4.69) is 53.6 Å². The molecular weight excluding hydrogens is 254 g/mol. The second-order valence-electron chi connectivity index (χ2n) is 4.96. The maximum absolute atomic E-state index is 4.27. The zero-order valence-electron chi connectivity index (χ0n) is 11.6. The summed E-state index contributed by atoms with van der Waals surface area (Å²) in [6, 6.07) is 11.0. The van der Waals surface area contributed by atoms with E-state index in [1.54, 1.807) is 11.3 Å². The van der Waals surface area contributed by atoms with E-state index >= 15 is 0 Å². The van der Waals surface area contributed by atoms with Crippen LogP contribution in [-0.4, -0.2) is 22.8 Å². The zero-order valence-corrected chi connectivity index (χ0v) is 12.4. The largest absolute Gasteiger partial charge is 0.315 e. The van der Waals surface area contributed by atoms with Gasteiger partial charge < -0.3 is 5.32 Å². The molecule has 0 radical (unpaired) electrons. The van der Waals surface area contributed by atoms with Crippen molar-refractivity contribution in [1.29, 1.82) is 0 Å². The lowest BCUT2D eigenvalue weighted by Crippen LogP contribution is -2.23. The summed E-state index contributed by atoms with van der Waals surface area (Å²) in [6.07, 6.45) is 3.03. The van der Waals surface area contributed by atoms with Gasteiger partial charge in [-0.2, -0.15) is 0 Å². The van der Waals surface area contributed by atoms with Gasteiger partial charge in [-0.3, -0.25) is 0 Å². The van der Waals surface area contributed by atoms with Crippen LogP contribution in [0.1, 0.15) is 35.8 Å². The molecule has 2 aromatic rings. The van der Waals surface area contributed by atoms with E-state index in [-0.39, 0.29) is 0 Å². The Morgan fingerprint density at radius 3 is 2.58 bits per heavy atom. The predicted octanol–water partition coefficient (Wildman–Crippen LogP) is 3.06. The number of nitrogens with zero attached hydrogens (tertiary/aromatic N) is 2. The van der Waals surface area contributed by atoms with E-state index in [0.717, 1.165) is 35.8 Å². The normalized spacial score (nSPS) is 11.1. The first kappa shape index (κ1) is 14.2. The minimum atomic E-state index is 0.558. The van der Waals surface area contributed by atoms with Crippen molar-refractivity contribution in [1.82, 2.24) is 15.5 Å². The molecule has 0 saturated carbocycles. The number of benzene rings is 1. The van der Waals surface area contributed by atoms with Crippen LogP contribution in [-0.2, 0) is 12.8 Å². The molecule has 102 valence electrons. The minimum absolute atomic E-state index is 0.558. The first-order valence-electron chi connectivity index (χ1n) is 6.82. The molecule has 0 bridgehead atoms. The lowest BCUT2D eigenvalue weighted by atomic mass is 10.2. The second-order valence-corrected chi connectivity index (χ2v) is 6.11. The third kappa shape index (κ3) is 5.09. The molecule has 19 heavy (non-hydrogen) atoms. The van der Waals surface area contributed by atoms with Crippen molar-refractivity contribution in [2.45, 2.75) is 39.2 Å². The lowest BCUT2D eigenvalue weighted by molar-refractivity contribution is 0.569. The molecule has 0 fully saturated rings. The van der Waals surface area contributed by atoms with Gasteiger partial charge in [-0.05, 0) is 18.5 Å². The molecule has 2 rings (SSSR count). The third-order valence-corrected chi connectivity index (χ3v) is 3.81. The Morgan fingerprint density at radius 2 is 1.84 bits per heavy atom. The fourth-order valence-corrected chi connectivity index (χ4v) is 2.78. The molecule has 0 aliphatic heterocycles. The SMILES string of the molecule is CC(C)NCCCc1nnc(Cc2ccccc2)s1. The number of hydrogen-bond acceptors (Lipinski definition) is 4. The van der Waals surface area contributed by atoms with Crippen LogP contribution >= 0.6 is 11.3 Å². The van der Waals surface area contributed by atoms with Crippen LogP contribution in [0.2, 0.25) is 0 Å². The molecular formula is C15H21N3S. The van der Waals surface area contributed by atoms with E-state index in [9.17, 15) is 0 Å². The summed E-state index contributed by atoms with van der Waals surface area (Å²) in [7, 11) is 0. The molecule has 0 unspecified atom stereocenters. The van der Waals surface area contributed by atoms with Crippen LogP contribution < -0.4 is 5.32 Å². The molecule has 3 nitrogen and oxygen atoms in total. The van der Waals surface area contributed by atoms with Gasteiger partial charge in [0, 0.05) is 18.9 Å². The van der Waals surface area contributed by atoms with Gasteiger partial charge in [-0.1, -0.05) is 44.2 Å². The Morgan fingerprint density at radius 1 is 1.11 bits per heavy atom. The molecule has 1 aromatic heterocycles. The van der Waals surface area contributed by atoms with Gasteiger partial charge in [0.05, 0.1) is 0 Å². The van der Waals surface area contributed by atoms with Gasteiger partial charge in [-0.15, -0.1) is 21.5 Å². The van der Waals surface area contributed by atoms with Crippen molar-refractivity contribution in [3.63, 3.8) is 0 Å². The molecule has 0 aliphatic carbocycles. The Labute approximate surface area is 119 Å². The maximum atomic E-state index is 4.27. The molecule has 0 saturated heterocycles. The van der Waals surface area contributed by atoms with Crippen LogP contribution in [0.4, 0.5) is 0 Å². The fourth-order valence-electron chi connectivity index (χ4n) is 1.86. The molecule has 1 N–H and O–H groups in total. The van der Waals surface area contributed by atoms with Gasteiger partial charge in [0.25, 0.3) is 0 Å². The van der Waals surface area contributed by atoms with Crippen molar-refractivity contribution in [3.8, 4) is 0 Å². The molecule has 0 amide bonds. The average Bonchev–Trinajstić information content (AvgIpc) is 2.83. The van der Waals surface area contributed by atoms with Crippen molar-refractivity contribution >= 4 is 11.3 Å². The second kappa shape index (κ2) is 7.36. The highest BCUT2D eigenvalue weighted by Gasteiger charge is 2.05. The Kier molecular flexibility index (Phi) is 5.48. The van der Waals surface area contributed by atoms with Gasteiger partial charge in [0.1, 0.15) is 10.0 Å². The Hall–Kier alpha value is -1.26. The van der Waals surface area contributed by atoms with Gasteiger partial charge >= 0.3 is 0 Å². The molecule has 1 aromatic carbocycles. The zero-order chi connectivity index (χ0) is 13.5. The first-order valence-corrected chi connectivity index (χ1v) is 7.64. The summed E-state index contributed by atoms with van der Waals surface area (Å²) < 4.78 is 0. The number of aryl methyl sites for hydroxylation is 1. The van der Waals surface area contributed by atoms with Crippen LogP contribution in [0.15, 0.2) is 30.3 Å². The summed E-state index contributed by atoms with van der Waals surface area (Å²) in [5, 5.41) is 14.2. The third-order valence-electron chi connectivity index (χ3n) is 2.83. The van der Waals surface area contributed by atoms with Crippen LogP contribution in [0.25, 0.3) is 0 Å². The first-order chi connectivity index (χ1) is 9.24. The summed E-state index contributed by atoms with van der Waals surface area (Å²) in [6.45, 7) is 5.39. The number of hydrogen-bond donors (Lipinski definition) is 1. The Balaban J connectivity index is 1.79.